The van der Waals surface area contributed by atoms with E-state index in [9.17, 15) is 9.59 Å². The predicted octanol–water partition coefficient (Wildman–Crippen LogP) is 5.58. The molecule has 0 radical (unpaired) electrons. The number of H-pyrrole nitrogens is 1. The lowest BCUT2D eigenvalue weighted by Crippen LogP contribution is -2.15. The van der Waals surface area contributed by atoms with Gasteiger partial charge in [-0.1, -0.05) is 72.8 Å². The number of benzene rings is 3. The number of carboxylic acids is 1. The molecule has 0 atom stereocenters. The molecular formula is C30H29NO4. The van der Waals surface area contributed by atoms with Crippen molar-refractivity contribution in [3.63, 3.8) is 0 Å². The largest absolute Gasteiger partial charge is 0.493 e. The average Bonchev–Trinajstić information content (AvgIpc) is 2.87. The molecule has 0 fully saturated rings. The summed E-state index contributed by atoms with van der Waals surface area (Å²) < 4.78 is 5.53. The van der Waals surface area contributed by atoms with Gasteiger partial charge in [0.1, 0.15) is 5.75 Å². The number of hydrogen-bond acceptors (Lipinski definition) is 3. The summed E-state index contributed by atoms with van der Waals surface area (Å²) in [5, 5.41) is 8.77. The van der Waals surface area contributed by atoms with Crippen molar-refractivity contribution >= 4 is 5.97 Å². The molecule has 0 aliphatic rings. The zero-order valence-electron chi connectivity index (χ0n) is 19.5. The SMILES string of the molecule is O=C(O)CCOc1cccc(CCCc2cc(C(c3ccccc3)c3ccccc3)c[nH]c2=O)c1. The van der Waals surface area contributed by atoms with Gasteiger partial charge < -0.3 is 14.8 Å². The Bertz CT molecular complexity index is 1260. The molecule has 35 heavy (non-hydrogen) atoms. The van der Waals surface area contributed by atoms with Crippen LogP contribution in [0.5, 0.6) is 5.75 Å². The van der Waals surface area contributed by atoms with Crippen molar-refractivity contribution in [1.29, 1.82) is 0 Å². The van der Waals surface area contributed by atoms with Gasteiger partial charge in [-0.15, -0.1) is 0 Å². The Morgan fingerprint density at radius 2 is 1.51 bits per heavy atom. The van der Waals surface area contributed by atoms with Crippen LogP contribution in [0.25, 0.3) is 0 Å². The van der Waals surface area contributed by atoms with Crippen molar-refractivity contribution in [2.24, 2.45) is 0 Å². The third-order valence-corrected chi connectivity index (χ3v) is 6.00. The Balaban J connectivity index is 1.48. The first kappa shape index (κ1) is 24.0. The molecule has 178 valence electrons. The van der Waals surface area contributed by atoms with Crippen LogP contribution in [0.15, 0.2) is 102 Å². The summed E-state index contributed by atoms with van der Waals surface area (Å²) in [5.41, 5.74) is 5.23. The maximum Gasteiger partial charge on any atom is 0.306 e. The summed E-state index contributed by atoms with van der Waals surface area (Å²) >= 11 is 0. The van der Waals surface area contributed by atoms with E-state index in [0.29, 0.717) is 12.2 Å². The van der Waals surface area contributed by atoms with Crippen LogP contribution in [-0.2, 0) is 17.6 Å². The number of aryl methyl sites for hydroxylation is 2. The standard InChI is InChI=1S/C30H29NO4/c32-28(33)17-18-35-27-16-8-10-22(19-27)9-7-15-25-20-26(21-31-30(25)34)29(23-11-3-1-4-12-23)24-13-5-2-6-14-24/h1-6,8,10-14,16,19-21,29H,7,9,15,17-18H2,(H,31,34)(H,32,33). The minimum atomic E-state index is -0.879. The van der Waals surface area contributed by atoms with Crippen LogP contribution in [0.1, 0.15) is 46.6 Å². The van der Waals surface area contributed by atoms with Crippen molar-refractivity contribution < 1.29 is 14.6 Å². The van der Waals surface area contributed by atoms with Crippen LogP contribution in [0.4, 0.5) is 0 Å². The molecular weight excluding hydrogens is 438 g/mol. The summed E-state index contributed by atoms with van der Waals surface area (Å²) in [6.07, 6.45) is 4.06. The Labute approximate surface area is 205 Å². The molecule has 0 aliphatic carbocycles. The molecule has 0 saturated carbocycles. The van der Waals surface area contributed by atoms with E-state index in [1.165, 1.54) is 11.1 Å². The Kier molecular flexibility index (Phi) is 8.12. The average molecular weight is 468 g/mol. The molecule has 3 aromatic carbocycles. The second-order valence-electron chi connectivity index (χ2n) is 8.53. The van der Waals surface area contributed by atoms with E-state index >= 15 is 0 Å². The maximum atomic E-state index is 12.6. The number of ether oxygens (including phenoxy) is 1. The first-order chi connectivity index (χ1) is 17.1. The van der Waals surface area contributed by atoms with Crippen LogP contribution in [0.2, 0.25) is 0 Å². The first-order valence-electron chi connectivity index (χ1n) is 11.8. The van der Waals surface area contributed by atoms with Gasteiger partial charge >= 0.3 is 5.97 Å². The van der Waals surface area contributed by atoms with Crippen molar-refractivity contribution in [3.8, 4) is 5.75 Å². The van der Waals surface area contributed by atoms with E-state index in [-0.39, 0.29) is 24.5 Å². The van der Waals surface area contributed by atoms with Crippen LogP contribution in [0, 0.1) is 0 Å². The monoisotopic (exact) mass is 467 g/mol. The van der Waals surface area contributed by atoms with Gasteiger partial charge in [-0.05, 0) is 59.7 Å². The molecule has 0 aliphatic heterocycles. The highest BCUT2D eigenvalue weighted by Crippen LogP contribution is 2.31. The highest BCUT2D eigenvalue weighted by atomic mass is 16.5. The van der Waals surface area contributed by atoms with Gasteiger partial charge in [-0.25, -0.2) is 0 Å². The fourth-order valence-corrected chi connectivity index (χ4v) is 4.30. The Hall–Kier alpha value is -4.12. The third-order valence-electron chi connectivity index (χ3n) is 6.00. The van der Waals surface area contributed by atoms with Crippen molar-refractivity contribution in [1.82, 2.24) is 4.98 Å². The first-order valence-corrected chi connectivity index (χ1v) is 11.8. The van der Waals surface area contributed by atoms with Gasteiger partial charge in [0.2, 0.25) is 0 Å². The minimum Gasteiger partial charge on any atom is -0.493 e. The summed E-state index contributed by atoms with van der Waals surface area (Å²) in [4.78, 5) is 26.2. The van der Waals surface area contributed by atoms with Gasteiger partial charge in [0.05, 0.1) is 13.0 Å². The number of nitrogens with one attached hydrogen (secondary N) is 1. The smallest absolute Gasteiger partial charge is 0.306 e. The molecule has 0 bridgehead atoms. The molecule has 1 heterocycles. The zero-order chi connectivity index (χ0) is 24.5. The second kappa shape index (κ2) is 11.8. The molecule has 0 unspecified atom stereocenters. The van der Waals surface area contributed by atoms with Crippen LogP contribution < -0.4 is 10.3 Å². The fraction of sp³-hybridized carbons (Fsp3) is 0.200. The summed E-state index contributed by atoms with van der Waals surface area (Å²) in [7, 11) is 0. The molecule has 2 N–H and O–H groups in total. The van der Waals surface area contributed by atoms with Crippen LogP contribution in [-0.4, -0.2) is 22.7 Å². The molecule has 4 rings (SSSR count). The number of carbonyl (C=O) groups is 1. The van der Waals surface area contributed by atoms with Gasteiger partial charge in [-0.2, -0.15) is 0 Å². The highest BCUT2D eigenvalue weighted by molar-refractivity contribution is 5.66. The van der Waals surface area contributed by atoms with Gasteiger partial charge in [0.25, 0.3) is 5.56 Å². The lowest BCUT2D eigenvalue weighted by molar-refractivity contribution is -0.137. The number of carboxylic acid groups (broad SMARTS) is 1. The summed E-state index contributed by atoms with van der Waals surface area (Å²) in [6, 6.07) is 30.4. The van der Waals surface area contributed by atoms with Crippen LogP contribution >= 0.6 is 0 Å². The van der Waals surface area contributed by atoms with Crippen molar-refractivity contribution in [3.05, 3.63) is 135 Å². The van der Waals surface area contributed by atoms with E-state index in [1.54, 1.807) is 0 Å². The third kappa shape index (κ3) is 6.70. The predicted molar refractivity (Wildman–Crippen MR) is 137 cm³/mol. The topological polar surface area (TPSA) is 79.4 Å². The van der Waals surface area contributed by atoms with Gasteiger partial charge in [-0.3, -0.25) is 9.59 Å². The number of pyridine rings is 1. The van der Waals surface area contributed by atoms with Gasteiger partial charge in [0.15, 0.2) is 0 Å². The molecule has 0 spiro atoms. The summed E-state index contributed by atoms with van der Waals surface area (Å²) in [6.45, 7) is 0.144. The molecule has 5 heteroatoms. The van der Waals surface area contributed by atoms with Crippen molar-refractivity contribution in [2.75, 3.05) is 6.61 Å². The molecule has 4 aromatic rings. The molecule has 5 nitrogen and oxygen atoms in total. The number of hydrogen-bond donors (Lipinski definition) is 2. The molecule has 0 saturated heterocycles. The maximum absolute atomic E-state index is 12.6. The minimum absolute atomic E-state index is 0.0314. The number of aliphatic carboxylic acids is 1. The number of rotatable bonds is 11. The van der Waals surface area contributed by atoms with Gasteiger partial charge in [0, 0.05) is 17.7 Å². The number of aromatic amines is 1. The molecule has 0 amide bonds. The lowest BCUT2D eigenvalue weighted by atomic mass is 9.85. The van der Waals surface area contributed by atoms with Crippen LogP contribution in [0.3, 0.4) is 0 Å². The highest BCUT2D eigenvalue weighted by Gasteiger charge is 2.18. The Morgan fingerprint density at radius 1 is 0.829 bits per heavy atom. The van der Waals surface area contributed by atoms with E-state index in [2.05, 4.69) is 29.2 Å². The zero-order valence-corrected chi connectivity index (χ0v) is 19.5. The lowest BCUT2D eigenvalue weighted by Gasteiger charge is -2.19. The Morgan fingerprint density at radius 3 is 2.17 bits per heavy atom. The second-order valence-corrected chi connectivity index (χ2v) is 8.53. The fourth-order valence-electron chi connectivity index (χ4n) is 4.30. The van der Waals surface area contributed by atoms with E-state index in [0.717, 1.165) is 29.5 Å². The van der Waals surface area contributed by atoms with E-state index in [1.807, 2.05) is 72.9 Å². The van der Waals surface area contributed by atoms with E-state index in [4.69, 9.17) is 9.84 Å². The number of aromatic nitrogens is 1. The molecule has 1 aromatic heterocycles. The normalized spacial score (nSPS) is 10.9. The van der Waals surface area contributed by atoms with E-state index < -0.39 is 5.97 Å². The van der Waals surface area contributed by atoms with Crippen molar-refractivity contribution in [2.45, 2.75) is 31.6 Å². The summed E-state index contributed by atoms with van der Waals surface area (Å²) in [5.74, 6) is -0.180. The quantitative estimate of drug-likeness (QED) is 0.302.